The largest absolute Gasteiger partial charge is 0.491 e. The van der Waals surface area contributed by atoms with Crippen LogP contribution in [0.2, 0.25) is 0 Å². The van der Waals surface area contributed by atoms with Crippen LogP contribution in [-0.2, 0) is 29.0 Å². The van der Waals surface area contributed by atoms with E-state index in [1.807, 2.05) is 32.0 Å². The molecule has 1 aliphatic heterocycles. The van der Waals surface area contributed by atoms with E-state index in [1.165, 1.54) is 0 Å². The molecule has 1 aliphatic rings. The number of aryl methyl sites for hydroxylation is 3. The molecular formula is C19H23N3O4. The van der Waals surface area contributed by atoms with Crippen molar-refractivity contribution >= 4 is 11.8 Å². The Morgan fingerprint density at radius 2 is 2.12 bits per heavy atom. The summed E-state index contributed by atoms with van der Waals surface area (Å²) in [4.78, 5) is 25.6. The molecule has 0 saturated heterocycles. The van der Waals surface area contributed by atoms with Crippen LogP contribution in [0.3, 0.4) is 0 Å². The molecule has 0 fully saturated rings. The number of nitrogens with two attached hydrogens (primary N) is 1. The van der Waals surface area contributed by atoms with Gasteiger partial charge >= 0.3 is 0 Å². The van der Waals surface area contributed by atoms with Crippen LogP contribution in [0.5, 0.6) is 5.75 Å². The first-order valence-electron chi connectivity index (χ1n) is 8.66. The van der Waals surface area contributed by atoms with Crippen LogP contribution in [0, 0.1) is 13.8 Å². The molecule has 2 N–H and O–H groups in total. The highest BCUT2D eigenvalue weighted by Gasteiger charge is 2.22. The van der Waals surface area contributed by atoms with Crippen molar-refractivity contribution in [1.82, 2.24) is 10.1 Å². The van der Waals surface area contributed by atoms with E-state index in [0.29, 0.717) is 38.3 Å². The molecule has 138 valence electrons. The van der Waals surface area contributed by atoms with Gasteiger partial charge in [-0.1, -0.05) is 17.3 Å². The number of amides is 2. The number of hydrogen-bond donors (Lipinski definition) is 1. The number of benzene rings is 1. The van der Waals surface area contributed by atoms with E-state index in [2.05, 4.69) is 5.16 Å². The Bertz CT molecular complexity index is 809. The van der Waals surface area contributed by atoms with Gasteiger partial charge in [0.2, 0.25) is 11.8 Å². The summed E-state index contributed by atoms with van der Waals surface area (Å²) in [6.07, 6.45) is 1.14. The average molecular weight is 357 g/mol. The molecule has 0 radical (unpaired) electrons. The van der Waals surface area contributed by atoms with Gasteiger partial charge in [-0.2, -0.15) is 0 Å². The molecule has 0 bridgehead atoms. The number of hydrogen-bond acceptors (Lipinski definition) is 5. The molecule has 3 rings (SSSR count). The third-order valence-corrected chi connectivity index (χ3v) is 4.63. The van der Waals surface area contributed by atoms with Gasteiger partial charge in [-0.25, -0.2) is 0 Å². The summed E-state index contributed by atoms with van der Waals surface area (Å²) in [5.41, 5.74) is 8.76. The first-order chi connectivity index (χ1) is 12.4. The van der Waals surface area contributed by atoms with Gasteiger partial charge in [0, 0.05) is 24.1 Å². The van der Waals surface area contributed by atoms with E-state index in [-0.39, 0.29) is 18.2 Å². The monoisotopic (exact) mass is 357 g/mol. The first kappa shape index (κ1) is 18.0. The van der Waals surface area contributed by atoms with Crippen molar-refractivity contribution in [2.75, 3.05) is 13.2 Å². The Balaban J connectivity index is 1.74. The van der Waals surface area contributed by atoms with Gasteiger partial charge in [-0.15, -0.1) is 0 Å². The van der Waals surface area contributed by atoms with Crippen molar-refractivity contribution in [3.8, 4) is 5.75 Å². The van der Waals surface area contributed by atoms with Crippen LogP contribution >= 0.6 is 0 Å². The minimum atomic E-state index is -0.326. The second-order valence-electron chi connectivity index (χ2n) is 6.55. The van der Waals surface area contributed by atoms with Gasteiger partial charge in [-0.3, -0.25) is 9.59 Å². The summed E-state index contributed by atoms with van der Waals surface area (Å²) in [5.74, 6) is 1.14. The summed E-state index contributed by atoms with van der Waals surface area (Å²) < 4.78 is 10.9. The SMILES string of the molecule is Cc1noc(C)c1CC(=O)N1CCOc2ccc(CCC(N)=O)cc2C1. The molecule has 2 aromatic rings. The fourth-order valence-electron chi connectivity index (χ4n) is 3.10. The van der Waals surface area contributed by atoms with Crippen LogP contribution in [0.25, 0.3) is 0 Å². The number of aromatic nitrogens is 1. The molecule has 7 heteroatoms. The maximum absolute atomic E-state index is 12.8. The predicted octanol–water partition coefficient (Wildman–Crippen LogP) is 1.67. The Kier molecular flexibility index (Phi) is 5.25. The van der Waals surface area contributed by atoms with E-state index < -0.39 is 0 Å². The average Bonchev–Trinajstić information content (AvgIpc) is 2.82. The van der Waals surface area contributed by atoms with E-state index in [1.54, 1.807) is 4.90 Å². The Morgan fingerprint density at radius 3 is 2.81 bits per heavy atom. The van der Waals surface area contributed by atoms with E-state index >= 15 is 0 Å². The lowest BCUT2D eigenvalue weighted by molar-refractivity contribution is -0.131. The molecule has 0 saturated carbocycles. The van der Waals surface area contributed by atoms with Crippen molar-refractivity contribution < 1.29 is 18.8 Å². The number of ether oxygens (including phenoxy) is 1. The Morgan fingerprint density at radius 1 is 1.31 bits per heavy atom. The summed E-state index contributed by atoms with van der Waals surface area (Å²) in [7, 11) is 0. The van der Waals surface area contributed by atoms with E-state index in [9.17, 15) is 9.59 Å². The quantitative estimate of drug-likeness (QED) is 0.878. The maximum Gasteiger partial charge on any atom is 0.227 e. The van der Waals surface area contributed by atoms with Crippen LogP contribution in [0.4, 0.5) is 0 Å². The topological polar surface area (TPSA) is 98.7 Å². The molecule has 2 amide bonds. The zero-order valence-electron chi connectivity index (χ0n) is 15.1. The van der Waals surface area contributed by atoms with Crippen LogP contribution < -0.4 is 10.5 Å². The standard InChI is InChI=1S/C19H23N3O4/c1-12-16(13(2)26-21-12)10-19(24)22-7-8-25-17-5-3-14(4-6-18(20)23)9-15(17)11-22/h3,5,9H,4,6-8,10-11H2,1-2H3,(H2,20,23). The molecule has 7 nitrogen and oxygen atoms in total. The molecule has 0 unspecified atom stereocenters. The molecular weight excluding hydrogens is 334 g/mol. The molecule has 2 heterocycles. The van der Waals surface area contributed by atoms with Crippen molar-refractivity contribution in [2.24, 2.45) is 5.73 Å². The van der Waals surface area contributed by atoms with Crippen molar-refractivity contribution in [3.05, 3.63) is 46.3 Å². The second kappa shape index (κ2) is 7.59. The maximum atomic E-state index is 12.8. The van der Waals surface area contributed by atoms with Crippen LogP contribution in [0.15, 0.2) is 22.7 Å². The Hall–Kier alpha value is -2.83. The summed E-state index contributed by atoms with van der Waals surface area (Å²) in [6, 6.07) is 5.82. The third-order valence-electron chi connectivity index (χ3n) is 4.63. The molecule has 1 aromatic heterocycles. The van der Waals surface area contributed by atoms with Gasteiger partial charge in [0.15, 0.2) is 0 Å². The zero-order chi connectivity index (χ0) is 18.7. The van der Waals surface area contributed by atoms with Gasteiger partial charge in [-0.05, 0) is 31.9 Å². The lowest BCUT2D eigenvalue weighted by Gasteiger charge is -2.20. The van der Waals surface area contributed by atoms with E-state index in [0.717, 1.165) is 28.1 Å². The van der Waals surface area contributed by atoms with Crippen molar-refractivity contribution in [2.45, 2.75) is 39.7 Å². The summed E-state index contributed by atoms with van der Waals surface area (Å²) in [5, 5.41) is 3.91. The molecule has 0 aliphatic carbocycles. The minimum absolute atomic E-state index is 0.0124. The van der Waals surface area contributed by atoms with Crippen molar-refractivity contribution in [3.63, 3.8) is 0 Å². The fraction of sp³-hybridized carbons (Fsp3) is 0.421. The van der Waals surface area contributed by atoms with Gasteiger partial charge in [0.25, 0.3) is 0 Å². The first-order valence-corrected chi connectivity index (χ1v) is 8.66. The third kappa shape index (κ3) is 4.04. The predicted molar refractivity (Wildman–Crippen MR) is 94.6 cm³/mol. The van der Waals surface area contributed by atoms with Crippen molar-refractivity contribution in [1.29, 1.82) is 0 Å². The smallest absolute Gasteiger partial charge is 0.227 e. The van der Waals surface area contributed by atoms with Crippen LogP contribution in [0.1, 0.15) is 34.6 Å². The highest BCUT2D eigenvalue weighted by molar-refractivity contribution is 5.79. The number of carbonyl (C=O) groups is 2. The number of nitrogens with zero attached hydrogens (tertiary/aromatic N) is 2. The summed E-state index contributed by atoms with van der Waals surface area (Å²) in [6.45, 7) is 5.09. The molecule has 26 heavy (non-hydrogen) atoms. The van der Waals surface area contributed by atoms with Gasteiger partial charge < -0.3 is 19.9 Å². The molecule has 1 aromatic carbocycles. The van der Waals surface area contributed by atoms with E-state index in [4.69, 9.17) is 15.0 Å². The Labute approximate surface area is 152 Å². The fourth-order valence-corrected chi connectivity index (χ4v) is 3.10. The zero-order valence-corrected chi connectivity index (χ0v) is 15.1. The highest BCUT2D eigenvalue weighted by atomic mass is 16.5. The molecule has 0 atom stereocenters. The second-order valence-corrected chi connectivity index (χ2v) is 6.55. The number of primary amides is 1. The van der Waals surface area contributed by atoms with Gasteiger partial charge in [0.05, 0.1) is 18.7 Å². The van der Waals surface area contributed by atoms with Gasteiger partial charge in [0.1, 0.15) is 18.1 Å². The normalized spacial score (nSPS) is 13.7. The highest BCUT2D eigenvalue weighted by Crippen LogP contribution is 2.25. The summed E-state index contributed by atoms with van der Waals surface area (Å²) >= 11 is 0. The number of rotatable bonds is 5. The lowest BCUT2D eigenvalue weighted by Crippen LogP contribution is -2.33. The lowest BCUT2D eigenvalue weighted by atomic mass is 10.0. The number of carbonyl (C=O) groups excluding carboxylic acids is 2. The molecule has 0 spiro atoms. The van der Waals surface area contributed by atoms with Crippen LogP contribution in [-0.4, -0.2) is 35.0 Å². The minimum Gasteiger partial charge on any atom is -0.491 e. The number of fused-ring (bicyclic) bond motifs is 1.